The smallest absolute Gasteiger partial charge is 0.254 e. The molecule has 1 N–H and O–H groups in total. The van der Waals surface area contributed by atoms with Crippen LogP contribution in [0.3, 0.4) is 0 Å². The molecule has 152 valence electrons. The van der Waals surface area contributed by atoms with E-state index in [2.05, 4.69) is 5.32 Å². The SMILES string of the molecule is COc1ccc(NC(=O)[C@@H]2CC23CCN(C(=O)c2ccccc2C)CC3)cc1Cl. The molecule has 2 aromatic carbocycles. The molecule has 1 aliphatic heterocycles. The van der Waals surface area contributed by atoms with Crippen molar-refractivity contribution < 1.29 is 14.3 Å². The maximum absolute atomic E-state index is 12.8. The molecule has 0 aromatic heterocycles. The molecule has 2 aromatic rings. The third-order valence-corrected chi connectivity index (χ3v) is 6.64. The summed E-state index contributed by atoms with van der Waals surface area (Å²) in [5.41, 5.74) is 2.47. The van der Waals surface area contributed by atoms with E-state index in [1.54, 1.807) is 25.3 Å². The number of ether oxygens (including phenoxy) is 1. The van der Waals surface area contributed by atoms with Crippen molar-refractivity contribution in [3.63, 3.8) is 0 Å². The number of hydrogen-bond donors (Lipinski definition) is 1. The predicted molar refractivity (Wildman–Crippen MR) is 113 cm³/mol. The average molecular weight is 413 g/mol. The molecule has 2 fully saturated rings. The van der Waals surface area contributed by atoms with E-state index in [4.69, 9.17) is 16.3 Å². The Bertz CT molecular complexity index is 951. The number of amides is 2. The molecule has 1 atom stereocenters. The lowest BCUT2D eigenvalue weighted by Gasteiger charge is -2.33. The van der Waals surface area contributed by atoms with Crippen molar-refractivity contribution in [2.24, 2.45) is 11.3 Å². The van der Waals surface area contributed by atoms with Gasteiger partial charge >= 0.3 is 0 Å². The zero-order valence-electron chi connectivity index (χ0n) is 16.7. The van der Waals surface area contributed by atoms with Gasteiger partial charge in [0.2, 0.25) is 5.91 Å². The molecule has 1 saturated carbocycles. The Labute approximate surface area is 176 Å². The molecule has 4 rings (SSSR count). The maximum Gasteiger partial charge on any atom is 0.254 e. The van der Waals surface area contributed by atoms with Crippen LogP contribution in [-0.4, -0.2) is 36.9 Å². The van der Waals surface area contributed by atoms with Crippen LogP contribution >= 0.6 is 11.6 Å². The van der Waals surface area contributed by atoms with Gasteiger partial charge in [-0.2, -0.15) is 0 Å². The van der Waals surface area contributed by atoms with Crippen LogP contribution < -0.4 is 10.1 Å². The average Bonchev–Trinajstić information content (AvgIpc) is 3.42. The minimum Gasteiger partial charge on any atom is -0.495 e. The van der Waals surface area contributed by atoms with E-state index >= 15 is 0 Å². The summed E-state index contributed by atoms with van der Waals surface area (Å²) >= 11 is 6.14. The molecule has 1 saturated heterocycles. The van der Waals surface area contributed by atoms with E-state index in [1.807, 2.05) is 36.1 Å². The number of nitrogens with one attached hydrogen (secondary N) is 1. The zero-order valence-corrected chi connectivity index (χ0v) is 17.5. The molecule has 0 bridgehead atoms. The molecule has 0 unspecified atom stereocenters. The van der Waals surface area contributed by atoms with Crippen molar-refractivity contribution in [1.82, 2.24) is 4.90 Å². The van der Waals surface area contributed by atoms with Crippen molar-refractivity contribution >= 4 is 29.1 Å². The van der Waals surface area contributed by atoms with E-state index in [0.717, 1.165) is 30.4 Å². The van der Waals surface area contributed by atoms with E-state index in [9.17, 15) is 9.59 Å². The number of carbonyl (C=O) groups excluding carboxylic acids is 2. The van der Waals surface area contributed by atoms with Gasteiger partial charge < -0.3 is 15.0 Å². The summed E-state index contributed by atoms with van der Waals surface area (Å²) in [6.07, 6.45) is 2.62. The van der Waals surface area contributed by atoms with Crippen LogP contribution in [0.15, 0.2) is 42.5 Å². The summed E-state index contributed by atoms with van der Waals surface area (Å²) in [4.78, 5) is 27.5. The first kappa shape index (κ1) is 19.8. The first-order valence-corrected chi connectivity index (χ1v) is 10.3. The normalized spacial score (nSPS) is 19.7. The Morgan fingerprint density at radius 1 is 1.17 bits per heavy atom. The number of benzene rings is 2. The summed E-state index contributed by atoms with van der Waals surface area (Å²) < 4.78 is 5.15. The number of piperidine rings is 1. The van der Waals surface area contributed by atoms with Gasteiger partial charge in [0, 0.05) is 30.3 Å². The van der Waals surface area contributed by atoms with Crippen molar-refractivity contribution in [3.05, 3.63) is 58.6 Å². The van der Waals surface area contributed by atoms with Crippen LogP contribution in [0.5, 0.6) is 5.75 Å². The first-order chi connectivity index (χ1) is 13.9. The highest BCUT2D eigenvalue weighted by Crippen LogP contribution is 2.59. The minimum absolute atomic E-state index is 0.000842. The lowest BCUT2D eigenvalue weighted by Crippen LogP contribution is -2.40. The lowest BCUT2D eigenvalue weighted by molar-refractivity contribution is -0.118. The van der Waals surface area contributed by atoms with Crippen molar-refractivity contribution in [2.45, 2.75) is 26.2 Å². The van der Waals surface area contributed by atoms with E-state index in [0.29, 0.717) is 29.5 Å². The van der Waals surface area contributed by atoms with Crippen molar-refractivity contribution in [2.75, 3.05) is 25.5 Å². The highest BCUT2D eigenvalue weighted by Gasteiger charge is 2.58. The summed E-state index contributed by atoms with van der Waals surface area (Å²) in [5.74, 6) is 0.703. The van der Waals surface area contributed by atoms with Crippen LogP contribution in [0.1, 0.15) is 35.2 Å². The van der Waals surface area contributed by atoms with Gasteiger partial charge in [-0.05, 0) is 61.4 Å². The fourth-order valence-corrected chi connectivity index (χ4v) is 4.64. The molecule has 5 nitrogen and oxygen atoms in total. The van der Waals surface area contributed by atoms with Crippen LogP contribution in [0.25, 0.3) is 0 Å². The monoisotopic (exact) mass is 412 g/mol. The number of carbonyl (C=O) groups is 2. The van der Waals surface area contributed by atoms with E-state index in [1.165, 1.54) is 0 Å². The number of nitrogens with zero attached hydrogens (tertiary/aromatic N) is 1. The maximum atomic E-state index is 12.8. The van der Waals surface area contributed by atoms with Gasteiger partial charge in [-0.25, -0.2) is 0 Å². The van der Waals surface area contributed by atoms with Crippen molar-refractivity contribution in [3.8, 4) is 5.75 Å². The van der Waals surface area contributed by atoms with Gasteiger partial charge in [-0.3, -0.25) is 9.59 Å². The van der Waals surface area contributed by atoms with Gasteiger partial charge in [0.05, 0.1) is 12.1 Å². The Hall–Kier alpha value is -2.53. The molecular weight excluding hydrogens is 388 g/mol. The highest BCUT2D eigenvalue weighted by molar-refractivity contribution is 6.32. The van der Waals surface area contributed by atoms with E-state index in [-0.39, 0.29) is 23.1 Å². The topological polar surface area (TPSA) is 58.6 Å². The number of aryl methyl sites for hydroxylation is 1. The Morgan fingerprint density at radius 3 is 2.55 bits per heavy atom. The summed E-state index contributed by atoms with van der Waals surface area (Å²) in [5, 5.41) is 3.45. The molecule has 1 spiro atoms. The van der Waals surface area contributed by atoms with Gasteiger partial charge in [0.25, 0.3) is 5.91 Å². The third kappa shape index (κ3) is 3.84. The second-order valence-electron chi connectivity index (χ2n) is 8.06. The fraction of sp³-hybridized carbons (Fsp3) is 0.391. The van der Waals surface area contributed by atoms with Gasteiger partial charge in [-0.15, -0.1) is 0 Å². The largest absolute Gasteiger partial charge is 0.495 e. The zero-order chi connectivity index (χ0) is 20.6. The second kappa shape index (κ2) is 7.71. The Morgan fingerprint density at radius 2 is 1.90 bits per heavy atom. The Kier molecular flexibility index (Phi) is 5.26. The summed E-state index contributed by atoms with van der Waals surface area (Å²) in [6.45, 7) is 3.36. The number of rotatable bonds is 4. The van der Waals surface area contributed by atoms with E-state index < -0.39 is 0 Å². The summed E-state index contributed by atoms with van der Waals surface area (Å²) in [6, 6.07) is 12.9. The molecule has 2 aliphatic rings. The molecule has 6 heteroatoms. The quantitative estimate of drug-likeness (QED) is 0.802. The number of hydrogen-bond acceptors (Lipinski definition) is 3. The lowest BCUT2D eigenvalue weighted by atomic mass is 9.90. The van der Waals surface area contributed by atoms with Crippen LogP contribution in [0, 0.1) is 18.3 Å². The number of likely N-dealkylation sites (tertiary alicyclic amines) is 1. The molecule has 29 heavy (non-hydrogen) atoms. The molecule has 0 radical (unpaired) electrons. The highest BCUT2D eigenvalue weighted by atomic mass is 35.5. The van der Waals surface area contributed by atoms with Gasteiger partial charge in [0.15, 0.2) is 0 Å². The Balaban J connectivity index is 1.34. The number of methoxy groups -OCH3 is 1. The standard InChI is InChI=1S/C23H25ClN2O3/c1-15-5-3-4-6-17(15)22(28)26-11-9-23(10-12-26)14-18(23)21(27)25-16-7-8-20(29-2)19(24)13-16/h3-8,13,18H,9-12,14H2,1-2H3,(H,25,27)/t18-/m0/s1. The van der Waals surface area contributed by atoms with Crippen LogP contribution in [0.2, 0.25) is 5.02 Å². The molecule has 2 amide bonds. The van der Waals surface area contributed by atoms with Gasteiger partial charge in [-0.1, -0.05) is 29.8 Å². The predicted octanol–water partition coefficient (Wildman–Crippen LogP) is 4.54. The first-order valence-electron chi connectivity index (χ1n) is 9.93. The number of anilines is 1. The summed E-state index contributed by atoms with van der Waals surface area (Å²) in [7, 11) is 1.56. The third-order valence-electron chi connectivity index (χ3n) is 6.35. The molecule has 1 heterocycles. The second-order valence-corrected chi connectivity index (χ2v) is 8.47. The molecular formula is C23H25ClN2O3. The number of halogens is 1. The van der Waals surface area contributed by atoms with Gasteiger partial charge in [0.1, 0.15) is 5.75 Å². The fourth-order valence-electron chi connectivity index (χ4n) is 4.38. The van der Waals surface area contributed by atoms with Crippen LogP contribution in [0.4, 0.5) is 5.69 Å². The van der Waals surface area contributed by atoms with Crippen molar-refractivity contribution in [1.29, 1.82) is 0 Å². The van der Waals surface area contributed by atoms with Crippen LogP contribution in [-0.2, 0) is 4.79 Å². The minimum atomic E-state index is -0.000842. The molecule has 1 aliphatic carbocycles.